The molecular weight excluding hydrogens is 283 g/mol. The summed E-state index contributed by atoms with van der Waals surface area (Å²) in [6, 6.07) is 6.54. The largest absolute Gasteiger partial charge is 0.311 e. The topological polar surface area (TPSA) is 24.9 Å². The number of hydrogen-bond acceptors (Lipinski definition) is 3. The Bertz CT molecular complexity index is 558. The number of benzene rings is 1. The van der Waals surface area contributed by atoms with Crippen molar-refractivity contribution in [1.82, 2.24) is 10.3 Å². The number of aromatic nitrogens is 1. The van der Waals surface area contributed by atoms with Gasteiger partial charge >= 0.3 is 0 Å². The summed E-state index contributed by atoms with van der Waals surface area (Å²) < 4.78 is 12.9. The zero-order chi connectivity index (χ0) is 14.5. The molecule has 0 spiro atoms. The maximum atomic E-state index is 12.9. The third-order valence-electron chi connectivity index (χ3n) is 4.11. The minimum Gasteiger partial charge on any atom is -0.311 e. The predicted octanol–water partition coefficient (Wildman–Crippen LogP) is 4.62. The fourth-order valence-electron chi connectivity index (χ4n) is 2.91. The zero-order valence-electron chi connectivity index (χ0n) is 12.1. The van der Waals surface area contributed by atoms with Gasteiger partial charge in [0.05, 0.1) is 5.69 Å². The van der Waals surface area contributed by atoms with E-state index in [9.17, 15) is 4.39 Å². The average molecular weight is 304 g/mol. The Labute approximate surface area is 129 Å². The second-order valence-corrected chi connectivity index (χ2v) is 6.64. The van der Waals surface area contributed by atoms with Crippen LogP contribution in [0.3, 0.4) is 0 Å². The van der Waals surface area contributed by atoms with Crippen molar-refractivity contribution < 1.29 is 4.39 Å². The quantitative estimate of drug-likeness (QED) is 0.872. The Balaban J connectivity index is 1.51. The fourth-order valence-corrected chi connectivity index (χ4v) is 3.73. The van der Waals surface area contributed by atoms with Crippen LogP contribution < -0.4 is 5.32 Å². The van der Waals surface area contributed by atoms with Crippen LogP contribution in [-0.2, 0) is 6.54 Å². The summed E-state index contributed by atoms with van der Waals surface area (Å²) in [4.78, 5) is 4.63. The lowest BCUT2D eigenvalue weighted by Gasteiger charge is -2.21. The number of halogens is 1. The van der Waals surface area contributed by atoms with E-state index >= 15 is 0 Å². The van der Waals surface area contributed by atoms with Gasteiger partial charge in [-0.25, -0.2) is 9.37 Å². The van der Waals surface area contributed by atoms with Gasteiger partial charge in [0.1, 0.15) is 10.8 Å². The molecule has 1 fully saturated rings. The molecule has 0 amide bonds. The van der Waals surface area contributed by atoms with Gasteiger partial charge in [0, 0.05) is 17.5 Å². The second kappa shape index (κ2) is 7.14. The Morgan fingerprint density at radius 3 is 2.67 bits per heavy atom. The smallest absolute Gasteiger partial charge is 0.123 e. The van der Waals surface area contributed by atoms with Crippen LogP contribution in [0.1, 0.15) is 37.8 Å². The summed E-state index contributed by atoms with van der Waals surface area (Å²) in [5.74, 6) is 0.638. The Morgan fingerprint density at radius 2 is 1.90 bits per heavy atom. The molecule has 1 saturated carbocycles. The minimum absolute atomic E-state index is 0.204. The molecule has 0 aliphatic heterocycles. The van der Waals surface area contributed by atoms with Crippen molar-refractivity contribution in [1.29, 1.82) is 0 Å². The number of nitrogens with zero attached hydrogens (tertiary/aromatic N) is 1. The minimum atomic E-state index is -0.204. The van der Waals surface area contributed by atoms with Crippen LogP contribution in [-0.4, -0.2) is 11.5 Å². The summed E-state index contributed by atoms with van der Waals surface area (Å²) in [5.41, 5.74) is 2.06. The van der Waals surface area contributed by atoms with Crippen molar-refractivity contribution in [3.8, 4) is 10.6 Å². The van der Waals surface area contributed by atoms with Crippen LogP contribution in [0.4, 0.5) is 4.39 Å². The van der Waals surface area contributed by atoms with E-state index in [1.165, 1.54) is 44.2 Å². The molecule has 112 valence electrons. The van der Waals surface area contributed by atoms with Crippen LogP contribution in [0, 0.1) is 11.7 Å². The van der Waals surface area contributed by atoms with E-state index in [-0.39, 0.29) is 5.82 Å². The molecule has 0 radical (unpaired) electrons. The lowest BCUT2D eigenvalue weighted by Crippen LogP contribution is -2.24. The van der Waals surface area contributed by atoms with Crippen molar-refractivity contribution >= 4 is 11.3 Å². The maximum absolute atomic E-state index is 12.9. The highest BCUT2D eigenvalue weighted by molar-refractivity contribution is 7.13. The molecule has 1 aliphatic rings. The molecule has 3 rings (SSSR count). The number of hydrogen-bond donors (Lipinski definition) is 1. The molecule has 2 aromatic rings. The van der Waals surface area contributed by atoms with Crippen LogP contribution >= 0.6 is 11.3 Å². The van der Waals surface area contributed by atoms with Crippen LogP contribution in [0.2, 0.25) is 0 Å². The van der Waals surface area contributed by atoms with Gasteiger partial charge in [0.15, 0.2) is 0 Å². The summed E-state index contributed by atoms with van der Waals surface area (Å²) in [6.07, 6.45) is 6.91. The van der Waals surface area contributed by atoms with E-state index < -0.39 is 0 Å². The molecule has 1 heterocycles. The number of thiazole rings is 1. The van der Waals surface area contributed by atoms with Gasteiger partial charge in [-0.1, -0.05) is 19.3 Å². The van der Waals surface area contributed by atoms with Crippen LogP contribution in [0.15, 0.2) is 29.6 Å². The van der Waals surface area contributed by atoms with Gasteiger partial charge in [-0.2, -0.15) is 0 Å². The molecule has 21 heavy (non-hydrogen) atoms. The summed E-state index contributed by atoms with van der Waals surface area (Å²) >= 11 is 1.62. The Kier molecular flexibility index (Phi) is 4.99. The molecule has 1 aliphatic carbocycles. The molecule has 1 aromatic carbocycles. The van der Waals surface area contributed by atoms with Gasteiger partial charge < -0.3 is 5.32 Å². The van der Waals surface area contributed by atoms with Gasteiger partial charge in [-0.15, -0.1) is 11.3 Å². The van der Waals surface area contributed by atoms with E-state index in [1.807, 2.05) is 0 Å². The van der Waals surface area contributed by atoms with Crippen LogP contribution in [0.25, 0.3) is 10.6 Å². The molecule has 1 N–H and O–H groups in total. The third-order valence-corrected chi connectivity index (χ3v) is 5.05. The second-order valence-electron chi connectivity index (χ2n) is 5.79. The molecule has 2 nitrogen and oxygen atoms in total. The fraction of sp³-hybridized carbons (Fsp3) is 0.471. The first kappa shape index (κ1) is 14.7. The van der Waals surface area contributed by atoms with E-state index in [0.29, 0.717) is 0 Å². The standard InChI is InChI=1S/C17H21FN2S/c18-15-8-6-14(7-9-15)17-20-16(12-21-17)11-19-10-13-4-2-1-3-5-13/h6-9,12-13,19H,1-5,10-11H2. The highest BCUT2D eigenvalue weighted by atomic mass is 32.1. The van der Waals surface area contributed by atoms with Crippen molar-refractivity contribution in [2.45, 2.75) is 38.6 Å². The monoisotopic (exact) mass is 304 g/mol. The first-order chi connectivity index (χ1) is 10.3. The number of nitrogens with one attached hydrogen (secondary N) is 1. The number of rotatable bonds is 5. The lowest BCUT2D eigenvalue weighted by atomic mass is 9.89. The van der Waals surface area contributed by atoms with Gasteiger partial charge in [-0.05, 0) is 49.6 Å². The van der Waals surface area contributed by atoms with E-state index in [2.05, 4.69) is 15.7 Å². The summed E-state index contributed by atoms with van der Waals surface area (Å²) in [6.45, 7) is 1.93. The highest BCUT2D eigenvalue weighted by Crippen LogP contribution is 2.25. The van der Waals surface area contributed by atoms with Crippen molar-refractivity contribution in [3.05, 3.63) is 41.2 Å². The maximum Gasteiger partial charge on any atom is 0.123 e. The highest BCUT2D eigenvalue weighted by Gasteiger charge is 2.13. The lowest BCUT2D eigenvalue weighted by molar-refractivity contribution is 0.341. The predicted molar refractivity (Wildman–Crippen MR) is 85.8 cm³/mol. The summed E-state index contributed by atoms with van der Waals surface area (Å²) in [5, 5.41) is 6.58. The van der Waals surface area contributed by atoms with Crippen molar-refractivity contribution in [2.24, 2.45) is 5.92 Å². The summed E-state index contributed by atoms with van der Waals surface area (Å²) in [7, 11) is 0. The SMILES string of the molecule is Fc1ccc(-c2nc(CNCC3CCCCC3)cs2)cc1. The molecule has 0 saturated heterocycles. The van der Waals surface area contributed by atoms with Crippen LogP contribution in [0.5, 0.6) is 0 Å². The first-order valence-corrected chi connectivity index (χ1v) is 8.60. The molecule has 0 atom stereocenters. The van der Waals surface area contributed by atoms with E-state index in [4.69, 9.17) is 0 Å². The van der Waals surface area contributed by atoms with E-state index in [0.717, 1.165) is 35.3 Å². The molecule has 1 aromatic heterocycles. The Hall–Kier alpha value is -1.26. The molecule has 4 heteroatoms. The average Bonchev–Trinajstić information content (AvgIpc) is 2.98. The normalized spacial score (nSPS) is 16.2. The Morgan fingerprint density at radius 1 is 1.14 bits per heavy atom. The van der Waals surface area contributed by atoms with Gasteiger partial charge in [0.25, 0.3) is 0 Å². The van der Waals surface area contributed by atoms with E-state index in [1.54, 1.807) is 23.5 Å². The molecule has 0 bridgehead atoms. The van der Waals surface area contributed by atoms with Crippen molar-refractivity contribution in [2.75, 3.05) is 6.54 Å². The molecule has 0 unspecified atom stereocenters. The first-order valence-electron chi connectivity index (χ1n) is 7.72. The van der Waals surface area contributed by atoms with Gasteiger partial charge in [-0.3, -0.25) is 0 Å². The molecular formula is C17H21FN2S. The van der Waals surface area contributed by atoms with Gasteiger partial charge in [0.2, 0.25) is 0 Å². The third kappa shape index (κ3) is 4.11. The van der Waals surface area contributed by atoms with Crippen molar-refractivity contribution in [3.63, 3.8) is 0 Å². The zero-order valence-corrected chi connectivity index (χ0v) is 13.0.